The fraction of sp³-hybridized carbons (Fsp3) is 0.636. The minimum Gasteiger partial charge on any atom is -0.465 e. The number of hydrogen-bond donors (Lipinski definition) is 0. The maximum absolute atomic E-state index is 11.2. The molecule has 0 bridgehead atoms. The highest BCUT2D eigenvalue weighted by molar-refractivity contribution is 5.88. The van der Waals surface area contributed by atoms with E-state index < -0.39 is 5.97 Å². The molecule has 1 fully saturated rings. The molecule has 0 atom stereocenters. The van der Waals surface area contributed by atoms with Gasteiger partial charge in [-0.05, 0) is 6.42 Å². The van der Waals surface area contributed by atoms with E-state index in [9.17, 15) is 4.79 Å². The summed E-state index contributed by atoms with van der Waals surface area (Å²) in [5.41, 5.74) is 0.361. The van der Waals surface area contributed by atoms with E-state index in [1.54, 1.807) is 0 Å². The van der Waals surface area contributed by atoms with Crippen molar-refractivity contribution < 1.29 is 23.8 Å². The first-order chi connectivity index (χ1) is 8.79. The Morgan fingerprint density at radius 3 is 3.06 bits per heavy atom. The molecule has 0 spiro atoms. The van der Waals surface area contributed by atoms with E-state index in [-0.39, 0.29) is 6.29 Å². The minimum atomic E-state index is -0.433. The number of ether oxygens (including phenoxy) is 3. The standard InChI is InChI=1S/C11H16N2O5/c1-15-11(14)9-7-12-13(8-9)18-4-2-3-10-16-5-6-17-10/h7-8,10H,2-6H2,1H3. The Morgan fingerprint density at radius 1 is 1.56 bits per heavy atom. The van der Waals surface area contributed by atoms with Crippen molar-refractivity contribution in [3.63, 3.8) is 0 Å². The fourth-order valence-electron chi connectivity index (χ4n) is 1.58. The Morgan fingerprint density at radius 2 is 2.33 bits per heavy atom. The lowest BCUT2D eigenvalue weighted by molar-refractivity contribution is -0.0527. The van der Waals surface area contributed by atoms with Crippen molar-refractivity contribution >= 4 is 5.97 Å². The number of carbonyl (C=O) groups excluding carboxylic acids is 1. The molecule has 1 aromatic heterocycles. The van der Waals surface area contributed by atoms with Gasteiger partial charge in [0.25, 0.3) is 0 Å². The molecule has 1 saturated heterocycles. The molecule has 0 amide bonds. The van der Waals surface area contributed by atoms with E-state index in [2.05, 4.69) is 9.84 Å². The van der Waals surface area contributed by atoms with E-state index in [0.29, 0.717) is 25.4 Å². The van der Waals surface area contributed by atoms with Crippen LogP contribution in [0.2, 0.25) is 0 Å². The third-order valence-corrected chi connectivity index (χ3v) is 2.48. The van der Waals surface area contributed by atoms with Crippen molar-refractivity contribution in [1.29, 1.82) is 0 Å². The number of carbonyl (C=O) groups is 1. The first-order valence-electron chi connectivity index (χ1n) is 5.79. The first kappa shape index (κ1) is 12.8. The van der Waals surface area contributed by atoms with Gasteiger partial charge in [0, 0.05) is 6.42 Å². The van der Waals surface area contributed by atoms with Crippen LogP contribution < -0.4 is 4.84 Å². The van der Waals surface area contributed by atoms with E-state index in [1.807, 2.05) is 0 Å². The first-order valence-corrected chi connectivity index (χ1v) is 5.79. The molecule has 1 aliphatic heterocycles. The molecule has 7 nitrogen and oxygen atoms in total. The summed E-state index contributed by atoms with van der Waals surface area (Å²) < 4.78 is 15.1. The Kier molecular flexibility index (Phi) is 4.54. The predicted octanol–water partition coefficient (Wildman–Crippen LogP) is 0.251. The van der Waals surface area contributed by atoms with E-state index >= 15 is 0 Å². The number of esters is 1. The van der Waals surface area contributed by atoms with Gasteiger partial charge in [-0.3, -0.25) is 0 Å². The monoisotopic (exact) mass is 256 g/mol. The predicted molar refractivity (Wildman–Crippen MR) is 59.9 cm³/mol. The molecule has 0 saturated carbocycles. The molecular formula is C11H16N2O5. The Hall–Kier alpha value is -1.60. The number of methoxy groups -OCH3 is 1. The van der Waals surface area contributed by atoms with Crippen LogP contribution >= 0.6 is 0 Å². The van der Waals surface area contributed by atoms with Gasteiger partial charge in [0.1, 0.15) is 12.2 Å². The smallest absolute Gasteiger partial charge is 0.341 e. The summed E-state index contributed by atoms with van der Waals surface area (Å²) in [4.78, 5) is 17.7. The van der Waals surface area contributed by atoms with Gasteiger partial charge in [0.15, 0.2) is 6.29 Å². The van der Waals surface area contributed by atoms with Crippen LogP contribution in [0.3, 0.4) is 0 Å². The van der Waals surface area contributed by atoms with Crippen molar-refractivity contribution in [2.45, 2.75) is 19.1 Å². The largest absolute Gasteiger partial charge is 0.465 e. The molecule has 0 aliphatic carbocycles. The van der Waals surface area contributed by atoms with Crippen LogP contribution in [-0.4, -0.2) is 49.1 Å². The molecule has 0 radical (unpaired) electrons. The van der Waals surface area contributed by atoms with Gasteiger partial charge in [0.05, 0.1) is 32.7 Å². The number of nitrogens with zero attached hydrogens (tertiary/aromatic N) is 2. The Bertz CT molecular complexity index is 387. The molecule has 2 rings (SSSR count). The zero-order valence-electron chi connectivity index (χ0n) is 10.2. The zero-order valence-corrected chi connectivity index (χ0v) is 10.2. The molecule has 7 heteroatoms. The van der Waals surface area contributed by atoms with Gasteiger partial charge in [0.2, 0.25) is 0 Å². The average molecular weight is 256 g/mol. The summed E-state index contributed by atoms with van der Waals surface area (Å²) in [5, 5.41) is 3.89. The van der Waals surface area contributed by atoms with E-state index in [1.165, 1.54) is 24.3 Å². The number of rotatable bonds is 6. The van der Waals surface area contributed by atoms with Crippen LogP contribution in [0.1, 0.15) is 23.2 Å². The quantitative estimate of drug-likeness (QED) is 0.536. The van der Waals surface area contributed by atoms with Gasteiger partial charge < -0.3 is 19.0 Å². The van der Waals surface area contributed by atoms with Gasteiger partial charge in [-0.15, -0.1) is 9.94 Å². The molecule has 2 heterocycles. The van der Waals surface area contributed by atoms with Crippen LogP contribution in [-0.2, 0) is 14.2 Å². The highest BCUT2D eigenvalue weighted by Gasteiger charge is 2.15. The van der Waals surface area contributed by atoms with Gasteiger partial charge >= 0.3 is 5.97 Å². The lowest BCUT2D eigenvalue weighted by atomic mass is 10.3. The van der Waals surface area contributed by atoms with Crippen molar-refractivity contribution in [2.24, 2.45) is 0 Å². The maximum atomic E-state index is 11.2. The minimum absolute atomic E-state index is 0.114. The zero-order chi connectivity index (χ0) is 12.8. The molecule has 0 aromatic carbocycles. The van der Waals surface area contributed by atoms with Crippen molar-refractivity contribution in [2.75, 3.05) is 26.9 Å². The normalized spacial score (nSPS) is 15.8. The molecule has 0 unspecified atom stereocenters. The molecule has 100 valence electrons. The summed E-state index contributed by atoms with van der Waals surface area (Å²) in [6, 6.07) is 0. The summed E-state index contributed by atoms with van der Waals surface area (Å²) in [5.74, 6) is -0.433. The Labute approximate surface area is 105 Å². The second-order valence-electron chi connectivity index (χ2n) is 3.77. The lowest BCUT2D eigenvalue weighted by Gasteiger charge is -2.08. The van der Waals surface area contributed by atoms with Crippen LogP contribution in [0, 0.1) is 0 Å². The molecule has 1 aromatic rings. The SMILES string of the molecule is COC(=O)c1cnn(OCCCC2OCCO2)c1. The highest BCUT2D eigenvalue weighted by Crippen LogP contribution is 2.09. The average Bonchev–Trinajstić information content (AvgIpc) is 3.05. The van der Waals surface area contributed by atoms with Crippen LogP contribution in [0.4, 0.5) is 0 Å². The second kappa shape index (κ2) is 6.36. The lowest BCUT2D eigenvalue weighted by Crippen LogP contribution is -2.16. The summed E-state index contributed by atoms with van der Waals surface area (Å²) >= 11 is 0. The van der Waals surface area contributed by atoms with Crippen molar-refractivity contribution in [3.05, 3.63) is 18.0 Å². The molecule has 18 heavy (non-hydrogen) atoms. The third kappa shape index (κ3) is 3.44. The van der Waals surface area contributed by atoms with Gasteiger partial charge in [-0.1, -0.05) is 0 Å². The molecule has 1 aliphatic rings. The highest BCUT2D eigenvalue weighted by atomic mass is 16.7. The topological polar surface area (TPSA) is 71.8 Å². The molecular weight excluding hydrogens is 240 g/mol. The fourth-order valence-corrected chi connectivity index (χ4v) is 1.58. The van der Waals surface area contributed by atoms with Gasteiger partial charge in [-0.25, -0.2) is 4.79 Å². The third-order valence-electron chi connectivity index (χ3n) is 2.48. The van der Waals surface area contributed by atoms with Crippen molar-refractivity contribution in [3.8, 4) is 0 Å². The summed E-state index contributed by atoms with van der Waals surface area (Å²) in [7, 11) is 1.32. The van der Waals surface area contributed by atoms with Crippen LogP contribution in [0.15, 0.2) is 12.4 Å². The van der Waals surface area contributed by atoms with Gasteiger partial charge in [-0.2, -0.15) is 0 Å². The van der Waals surface area contributed by atoms with Crippen molar-refractivity contribution in [1.82, 2.24) is 9.94 Å². The van der Waals surface area contributed by atoms with E-state index in [0.717, 1.165) is 12.8 Å². The summed E-state index contributed by atoms with van der Waals surface area (Å²) in [6.07, 6.45) is 4.34. The second-order valence-corrected chi connectivity index (χ2v) is 3.77. The molecule has 0 N–H and O–H groups in total. The number of aromatic nitrogens is 2. The van der Waals surface area contributed by atoms with Crippen LogP contribution in [0.5, 0.6) is 0 Å². The summed E-state index contributed by atoms with van der Waals surface area (Å²) in [6.45, 7) is 1.80. The maximum Gasteiger partial charge on any atom is 0.341 e. The van der Waals surface area contributed by atoms with Crippen LogP contribution in [0.25, 0.3) is 0 Å². The number of hydrogen-bond acceptors (Lipinski definition) is 6. The Balaban J connectivity index is 1.66. The van der Waals surface area contributed by atoms with E-state index in [4.69, 9.17) is 14.3 Å².